The molecule has 1 fully saturated rings. The molecular weight excluding hydrogens is 344 g/mol. The molecule has 4 nitrogen and oxygen atoms in total. The van der Waals surface area contributed by atoms with Crippen molar-refractivity contribution in [2.75, 3.05) is 0 Å². The molecule has 0 radical (unpaired) electrons. The molecule has 132 valence electrons. The van der Waals surface area contributed by atoms with Gasteiger partial charge in [-0.1, -0.05) is 40.5 Å². The summed E-state index contributed by atoms with van der Waals surface area (Å²) in [6.07, 6.45) is 2.19. The van der Waals surface area contributed by atoms with Crippen LogP contribution in [0.1, 0.15) is 40.5 Å². The van der Waals surface area contributed by atoms with Crippen LogP contribution in [-0.4, -0.2) is 34.2 Å². The molecule has 1 heterocycles. The second kappa shape index (κ2) is 7.73. The van der Waals surface area contributed by atoms with Crippen LogP contribution in [0.3, 0.4) is 0 Å². The average Bonchev–Trinajstić information content (AvgIpc) is 2.36. The summed E-state index contributed by atoms with van der Waals surface area (Å²) in [6.45, 7) is 17.6. The Morgan fingerprint density at radius 2 is 0.773 bits per heavy atom. The summed E-state index contributed by atoms with van der Waals surface area (Å²) in [5.74, 6) is 0. The van der Waals surface area contributed by atoms with Crippen molar-refractivity contribution in [2.45, 2.75) is 90.9 Å². The van der Waals surface area contributed by atoms with Gasteiger partial charge in [0, 0.05) is 0 Å². The van der Waals surface area contributed by atoms with Crippen LogP contribution in [0.5, 0.6) is 0 Å². The zero-order valence-electron chi connectivity index (χ0n) is 15.9. The molecule has 0 aromatic heterocycles. The van der Waals surface area contributed by atoms with Gasteiger partial charge in [0.1, 0.15) is 0 Å². The zero-order valence-corrected chi connectivity index (χ0v) is 19.9. The summed E-state index contributed by atoms with van der Waals surface area (Å²) in [6, 6.07) is 3.97. The Bertz CT molecular complexity index is 343. The second-order valence-corrected chi connectivity index (χ2v) is 21.9. The maximum absolute atomic E-state index is 6.76. The highest BCUT2D eigenvalue weighted by Crippen LogP contribution is 2.37. The van der Waals surface area contributed by atoms with Crippen LogP contribution in [0.4, 0.5) is 0 Å². The SMILES string of the molecule is CCC[Si]1(C)O[Si](C)(CC)O[Si](C)(CC)O[Si](C)(CCC)O1. The van der Waals surface area contributed by atoms with Crippen molar-refractivity contribution >= 4 is 34.2 Å². The molecule has 0 N–H and O–H groups in total. The fraction of sp³-hybridized carbons (Fsp3) is 1.00. The first kappa shape index (κ1) is 20.8. The zero-order chi connectivity index (χ0) is 17.1. The van der Waals surface area contributed by atoms with Gasteiger partial charge >= 0.3 is 34.2 Å². The van der Waals surface area contributed by atoms with Crippen LogP contribution in [-0.2, 0) is 16.5 Å². The molecule has 4 unspecified atom stereocenters. The van der Waals surface area contributed by atoms with Gasteiger partial charge in [-0.2, -0.15) is 0 Å². The van der Waals surface area contributed by atoms with E-state index in [0.717, 1.165) is 37.0 Å². The van der Waals surface area contributed by atoms with E-state index in [2.05, 4.69) is 53.9 Å². The number of hydrogen-bond acceptors (Lipinski definition) is 4. The lowest BCUT2D eigenvalue weighted by Crippen LogP contribution is -2.67. The van der Waals surface area contributed by atoms with E-state index < -0.39 is 34.2 Å². The third-order valence-electron chi connectivity index (χ3n) is 4.42. The minimum absolute atomic E-state index is 0.959. The van der Waals surface area contributed by atoms with Gasteiger partial charge in [0.15, 0.2) is 0 Å². The molecule has 1 rings (SSSR count). The number of rotatable bonds is 6. The van der Waals surface area contributed by atoms with E-state index >= 15 is 0 Å². The largest absolute Gasteiger partial charge is 0.416 e. The Morgan fingerprint density at radius 1 is 0.500 bits per heavy atom. The minimum atomic E-state index is -2.23. The van der Waals surface area contributed by atoms with Crippen LogP contribution < -0.4 is 0 Å². The van der Waals surface area contributed by atoms with Gasteiger partial charge in [0.25, 0.3) is 0 Å². The molecule has 0 amide bonds. The van der Waals surface area contributed by atoms with Gasteiger partial charge in [0.05, 0.1) is 0 Å². The van der Waals surface area contributed by atoms with E-state index in [1.54, 1.807) is 0 Å². The molecular formula is C14H36O4Si4. The van der Waals surface area contributed by atoms with Gasteiger partial charge in [-0.3, -0.25) is 0 Å². The summed E-state index contributed by atoms with van der Waals surface area (Å²) in [5.41, 5.74) is 0. The van der Waals surface area contributed by atoms with E-state index in [9.17, 15) is 0 Å². The first-order valence-corrected chi connectivity index (χ1v) is 19.0. The van der Waals surface area contributed by atoms with Crippen LogP contribution in [0, 0.1) is 0 Å². The molecule has 0 saturated carbocycles. The summed E-state index contributed by atoms with van der Waals surface area (Å²) in [5, 5.41) is 0. The summed E-state index contributed by atoms with van der Waals surface area (Å²) in [7, 11) is -8.88. The highest BCUT2D eigenvalue weighted by Gasteiger charge is 2.55. The molecule has 0 aromatic carbocycles. The topological polar surface area (TPSA) is 36.9 Å². The summed E-state index contributed by atoms with van der Waals surface area (Å²) >= 11 is 0. The van der Waals surface area contributed by atoms with E-state index in [0.29, 0.717) is 0 Å². The Labute approximate surface area is 141 Å². The Hall–Kier alpha value is 0.708. The monoisotopic (exact) mass is 380 g/mol. The van der Waals surface area contributed by atoms with E-state index in [1.165, 1.54) is 0 Å². The third kappa shape index (κ3) is 5.37. The average molecular weight is 381 g/mol. The fourth-order valence-corrected chi connectivity index (χ4v) is 25.9. The first-order valence-electron chi connectivity index (χ1n) is 8.88. The van der Waals surface area contributed by atoms with Gasteiger partial charge in [-0.05, 0) is 50.4 Å². The van der Waals surface area contributed by atoms with Crippen LogP contribution in [0.15, 0.2) is 0 Å². The molecule has 0 aromatic rings. The van der Waals surface area contributed by atoms with Crippen LogP contribution in [0.25, 0.3) is 0 Å². The maximum Gasteiger partial charge on any atom is 0.317 e. The van der Waals surface area contributed by atoms with E-state index in [-0.39, 0.29) is 0 Å². The van der Waals surface area contributed by atoms with Crippen molar-refractivity contribution < 1.29 is 16.5 Å². The Balaban J connectivity index is 3.20. The lowest BCUT2D eigenvalue weighted by molar-refractivity contribution is 0.223. The molecule has 4 atom stereocenters. The number of hydrogen-bond donors (Lipinski definition) is 0. The second-order valence-electron chi connectivity index (χ2n) is 7.15. The molecule has 8 heteroatoms. The molecule has 0 aliphatic carbocycles. The van der Waals surface area contributed by atoms with E-state index in [4.69, 9.17) is 16.5 Å². The molecule has 0 bridgehead atoms. The maximum atomic E-state index is 6.76. The molecule has 1 saturated heterocycles. The van der Waals surface area contributed by atoms with Gasteiger partial charge < -0.3 is 16.5 Å². The highest BCUT2D eigenvalue weighted by atomic mass is 28.5. The van der Waals surface area contributed by atoms with Crippen LogP contribution in [0.2, 0.25) is 50.4 Å². The quantitative estimate of drug-likeness (QED) is 0.592. The Kier molecular flexibility index (Phi) is 7.29. The van der Waals surface area contributed by atoms with Crippen molar-refractivity contribution in [2.24, 2.45) is 0 Å². The summed E-state index contributed by atoms with van der Waals surface area (Å²) in [4.78, 5) is 0. The predicted molar refractivity (Wildman–Crippen MR) is 102 cm³/mol. The standard InChI is InChI=1S/C14H36O4Si4/c1-9-13-21(7)16-19(5,11-3)15-20(6,12-4)17-22(8,18-21)14-10-2/h9-14H2,1-8H3. The minimum Gasteiger partial charge on any atom is -0.416 e. The molecule has 22 heavy (non-hydrogen) atoms. The van der Waals surface area contributed by atoms with E-state index in [1.807, 2.05) is 0 Å². The van der Waals surface area contributed by atoms with Crippen molar-refractivity contribution in [3.63, 3.8) is 0 Å². The van der Waals surface area contributed by atoms with Crippen molar-refractivity contribution in [3.05, 3.63) is 0 Å². The summed E-state index contributed by atoms with van der Waals surface area (Å²) < 4.78 is 26.9. The van der Waals surface area contributed by atoms with Crippen molar-refractivity contribution in [3.8, 4) is 0 Å². The van der Waals surface area contributed by atoms with Crippen LogP contribution >= 0.6 is 0 Å². The molecule has 1 aliphatic heterocycles. The first-order chi connectivity index (χ1) is 10.1. The van der Waals surface area contributed by atoms with Gasteiger partial charge in [-0.15, -0.1) is 0 Å². The molecule has 0 spiro atoms. The fourth-order valence-electron chi connectivity index (χ4n) is 3.31. The van der Waals surface area contributed by atoms with Crippen molar-refractivity contribution in [1.82, 2.24) is 0 Å². The van der Waals surface area contributed by atoms with Crippen molar-refractivity contribution in [1.29, 1.82) is 0 Å². The van der Waals surface area contributed by atoms with Gasteiger partial charge in [0.2, 0.25) is 0 Å². The molecule has 1 aliphatic rings. The normalized spacial score (nSPS) is 43.6. The smallest absolute Gasteiger partial charge is 0.317 e. The predicted octanol–water partition coefficient (Wildman–Crippen LogP) is 5.21. The third-order valence-corrected chi connectivity index (χ3v) is 23.6. The lowest BCUT2D eigenvalue weighted by Gasteiger charge is -2.50. The lowest BCUT2D eigenvalue weighted by atomic mass is 10.6. The highest BCUT2D eigenvalue weighted by molar-refractivity contribution is 6.93. The Morgan fingerprint density at radius 3 is 1.05 bits per heavy atom. The van der Waals surface area contributed by atoms with Gasteiger partial charge in [-0.25, -0.2) is 0 Å².